The first-order chi connectivity index (χ1) is 12.6. The number of alkyl halides is 3. The molecule has 146 valence electrons. The molecule has 0 radical (unpaired) electrons. The van der Waals surface area contributed by atoms with E-state index in [1.165, 1.54) is 13.0 Å². The molecule has 3 atom stereocenters. The second-order valence-electron chi connectivity index (χ2n) is 7.21. The fraction of sp³-hybridized carbons (Fsp3) is 0.500. The number of nitrogens with one attached hydrogen (secondary N) is 3. The molecule has 0 unspecified atom stereocenters. The summed E-state index contributed by atoms with van der Waals surface area (Å²) in [6.07, 6.45) is -3.69. The van der Waals surface area contributed by atoms with Crippen LogP contribution in [0.25, 0.3) is 0 Å². The predicted octanol–water partition coefficient (Wildman–Crippen LogP) is 3.05. The van der Waals surface area contributed by atoms with Gasteiger partial charge in [-0.15, -0.1) is 0 Å². The van der Waals surface area contributed by atoms with Crippen molar-refractivity contribution >= 4 is 23.5 Å². The molecule has 1 heterocycles. The van der Waals surface area contributed by atoms with E-state index in [0.29, 0.717) is 24.1 Å². The Morgan fingerprint density at radius 1 is 1.26 bits per heavy atom. The average Bonchev–Trinajstić information content (AvgIpc) is 2.87. The van der Waals surface area contributed by atoms with Gasteiger partial charge in [-0.05, 0) is 43.9 Å². The highest BCUT2D eigenvalue weighted by atomic mass is 19.4. The van der Waals surface area contributed by atoms with Crippen molar-refractivity contribution in [3.63, 3.8) is 0 Å². The lowest BCUT2D eigenvalue weighted by molar-refractivity contribution is -0.185. The Kier molecular flexibility index (Phi) is 4.88. The minimum atomic E-state index is -4.29. The monoisotopic (exact) mass is 383 g/mol. The molecule has 4 amide bonds. The van der Waals surface area contributed by atoms with E-state index in [0.717, 1.165) is 0 Å². The lowest BCUT2D eigenvalue weighted by Gasteiger charge is -2.29. The summed E-state index contributed by atoms with van der Waals surface area (Å²) in [5, 5.41) is 7.32. The van der Waals surface area contributed by atoms with Crippen LogP contribution in [0, 0.1) is 11.8 Å². The number of anilines is 1. The molecule has 3 N–H and O–H groups in total. The molecule has 0 aromatic heterocycles. The van der Waals surface area contributed by atoms with Gasteiger partial charge in [0.2, 0.25) is 5.91 Å². The number of benzene rings is 1. The van der Waals surface area contributed by atoms with Gasteiger partial charge in [0.1, 0.15) is 5.54 Å². The van der Waals surface area contributed by atoms with Crippen LogP contribution < -0.4 is 16.0 Å². The molecule has 3 rings (SSSR count). The van der Waals surface area contributed by atoms with Crippen molar-refractivity contribution in [3.05, 3.63) is 29.8 Å². The van der Waals surface area contributed by atoms with Crippen LogP contribution in [0.1, 0.15) is 38.2 Å². The van der Waals surface area contributed by atoms with Gasteiger partial charge < -0.3 is 10.6 Å². The Balaban J connectivity index is 1.72. The predicted molar refractivity (Wildman–Crippen MR) is 90.6 cm³/mol. The number of rotatable bonds is 3. The summed E-state index contributed by atoms with van der Waals surface area (Å²) in [4.78, 5) is 35.9. The third-order valence-corrected chi connectivity index (χ3v) is 5.26. The maximum Gasteiger partial charge on any atom is 0.391 e. The number of hydrogen-bond donors (Lipinski definition) is 3. The maximum absolute atomic E-state index is 12.9. The Labute approximate surface area is 153 Å². The second kappa shape index (κ2) is 6.86. The van der Waals surface area contributed by atoms with E-state index in [-0.39, 0.29) is 12.8 Å². The second-order valence-corrected chi connectivity index (χ2v) is 7.21. The lowest BCUT2D eigenvalue weighted by Crippen LogP contribution is -2.40. The molecule has 6 nitrogen and oxygen atoms in total. The van der Waals surface area contributed by atoms with Crippen LogP contribution in [0.15, 0.2) is 24.3 Å². The van der Waals surface area contributed by atoms with E-state index in [2.05, 4.69) is 16.0 Å². The fourth-order valence-corrected chi connectivity index (χ4v) is 3.62. The molecule has 27 heavy (non-hydrogen) atoms. The number of imide groups is 1. The Bertz CT molecular complexity index is 781. The third kappa shape index (κ3) is 3.91. The van der Waals surface area contributed by atoms with Gasteiger partial charge in [-0.2, -0.15) is 13.2 Å². The standard InChI is InChI=1S/C18H20F3N3O3/c1-17(15(26)23-16(27)24-17)11-5-3-7-13(9-11)22-14(25)10-4-2-6-12(8-10)18(19,20)21/h3,5,7,9-10,12H,2,4,6,8H2,1H3,(H,22,25)(H2,23,24,26,27)/t10-,12+,17-/m1/s1. The number of hydrogen-bond acceptors (Lipinski definition) is 3. The number of carbonyl (C=O) groups excluding carboxylic acids is 3. The zero-order valence-corrected chi connectivity index (χ0v) is 14.7. The molecule has 1 aromatic rings. The van der Waals surface area contributed by atoms with Gasteiger partial charge in [-0.25, -0.2) is 4.79 Å². The summed E-state index contributed by atoms with van der Waals surface area (Å²) in [6, 6.07) is 5.74. The smallest absolute Gasteiger partial charge is 0.326 e. The van der Waals surface area contributed by atoms with Gasteiger partial charge in [-0.1, -0.05) is 18.6 Å². The highest BCUT2D eigenvalue weighted by molar-refractivity contribution is 6.07. The molecule has 0 bridgehead atoms. The van der Waals surface area contributed by atoms with E-state index in [1.807, 2.05) is 0 Å². The molecule has 1 saturated carbocycles. The van der Waals surface area contributed by atoms with Crippen LogP contribution in [0.2, 0.25) is 0 Å². The van der Waals surface area contributed by atoms with Crippen molar-refractivity contribution in [3.8, 4) is 0 Å². The van der Waals surface area contributed by atoms with Crippen molar-refractivity contribution in [1.29, 1.82) is 0 Å². The molecule has 1 aliphatic carbocycles. The Hall–Kier alpha value is -2.58. The normalized spacial score (nSPS) is 28.4. The SMILES string of the molecule is C[C@]1(c2cccc(NC(=O)[C@@H]3CCC[C@H](C(F)(F)F)C3)c2)NC(=O)NC1=O. The molecule has 9 heteroatoms. The molecule has 0 spiro atoms. The minimum absolute atomic E-state index is 0.0515. The van der Waals surface area contributed by atoms with Crippen LogP contribution >= 0.6 is 0 Å². The Morgan fingerprint density at radius 3 is 2.63 bits per heavy atom. The lowest BCUT2D eigenvalue weighted by atomic mass is 9.80. The van der Waals surface area contributed by atoms with Gasteiger partial charge in [0.15, 0.2) is 0 Å². The van der Waals surface area contributed by atoms with Gasteiger partial charge in [0.05, 0.1) is 5.92 Å². The van der Waals surface area contributed by atoms with Gasteiger partial charge in [0, 0.05) is 11.6 Å². The van der Waals surface area contributed by atoms with E-state index in [1.54, 1.807) is 18.2 Å². The summed E-state index contributed by atoms with van der Waals surface area (Å²) in [5.41, 5.74) is -0.452. The highest BCUT2D eigenvalue weighted by Crippen LogP contribution is 2.40. The molecule has 1 saturated heterocycles. The number of carbonyl (C=O) groups is 3. The van der Waals surface area contributed by atoms with Gasteiger partial charge >= 0.3 is 12.2 Å². The molecular weight excluding hydrogens is 363 g/mol. The first kappa shape index (κ1) is 19.2. The quantitative estimate of drug-likeness (QED) is 0.701. The molecule has 1 aliphatic heterocycles. The van der Waals surface area contributed by atoms with Gasteiger partial charge in [0.25, 0.3) is 5.91 Å². The largest absolute Gasteiger partial charge is 0.391 e. The number of halogens is 3. The summed E-state index contributed by atoms with van der Waals surface area (Å²) in [7, 11) is 0. The summed E-state index contributed by atoms with van der Waals surface area (Å²) in [5.74, 6) is -3.15. The van der Waals surface area contributed by atoms with Crippen molar-refractivity contribution in [1.82, 2.24) is 10.6 Å². The highest BCUT2D eigenvalue weighted by Gasteiger charge is 2.44. The molecule has 2 fully saturated rings. The third-order valence-electron chi connectivity index (χ3n) is 5.26. The molecular formula is C18H20F3N3O3. The van der Waals surface area contributed by atoms with E-state index < -0.39 is 41.4 Å². The van der Waals surface area contributed by atoms with E-state index >= 15 is 0 Å². The first-order valence-electron chi connectivity index (χ1n) is 8.71. The van der Waals surface area contributed by atoms with Crippen molar-refractivity contribution in [2.75, 3.05) is 5.32 Å². The fourth-order valence-electron chi connectivity index (χ4n) is 3.62. The van der Waals surface area contributed by atoms with Crippen LogP contribution in [-0.2, 0) is 15.1 Å². The zero-order chi connectivity index (χ0) is 19.8. The minimum Gasteiger partial charge on any atom is -0.326 e. The summed E-state index contributed by atoms with van der Waals surface area (Å²) >= 11 is 0. The molecule has 1 aromatic carbocycles. The topological polar surface area (TPSA) is 87.3 Å². The van der Waals surface area contributed by atoms with Crippen molar-refractivity contribution in [2.45, 2.75) is 44.3 Å². The van der Waals surface area contributed by atoms with Crippen LogP contribution in [0.5, 0.6) is 0 Å². The number of urea groups is 1. The summed E-state index contributed by atoms with van der Waals surface area (Å²) < 4.78 is 38.8. The Morgan fingerprint density at radius 2 is 2.00 bits per heavy atom. The van der Waals surface area contributed by atoms with Crippen LogP contribution in [0.3, 0.4) is 0 Å². The zero-order valence-electron chi connectivity index (χ0n) is 14.7. The maximum atomic E-state index is 12.9. The van der Waals surface area contributed by atoms with Crippen LogP contribution in [0.4, 0.5) is 23.7 Å². The van der Waals surface area contributed by atoms with Crippen LogP contribution in [-0.4, -0.2) is 24.0 Å². The van der Waals surface area contributed by atoms with Gasteiger partial charge in [-0.3, -0.25) is 14.9 Å². The van der Waals surface area contributed by atoms with Crippen molar-refractivity contribution in [2.24, 2.45) is 11.8 Å². The van der Waals surface area contributed by atoms with E-state index in [4.69, 9.17) is 0 Å². The first-order valence-corrected chi connectivity index (χ1v) is 8.71. The summed E-state index contributed by atoms with van der Waals surface area (Å²) in [6.45, 7) is 1.53. The molecule has 2 aliphatic rings. The van der Waals surface area contributed by atoms with E-state index in [9.17, 15) is 27.6 Å². The average molecular weight is 383 g/mol. The number of amides is 4. The van der Waals surface area contributed by atoms with Crippen molar-refractivity contribution < 1.29 is 27.6 Å².